The number of carbonyl (C=O) groups is 2. The second kappa shape index (κ2) is 9.90. The normalized spacial score (nSPS) is 16.9. The van der Waals surface area contributed by atoms with Gasteiger partial charge in [0.2, 0.25) is 0 Å². The van der Waals surface area contributed by atoms with Crippen LogP contribution in [-0.4, -0.2) is 32.5 Å². The van der Waals surface area contributed by atoms with Gasteiger partial charge >= 0.3 is 5.91 Å². The predicted molar refractivity (Wildman–Crippen MR) is 139 cm³/mol. The molecule has 0 saturated heterocycles. The molecule has 2 aromatic heterocycles. The van der Waals surface area contributed by atoms with Crippen molar-refractivity contribution in [3.63, 3.8) is 0 Å². The maximum atomic E-state index is 14.0. The molecule has 0 bridgehead atoms. The zero-order valence-electron chi connectivity index (χ0n) is 20.6. The van der Waals surface area contributed by atoms with E-state index in [1.807, 2.05) is 32.2 Å². The monoisotopic (exact) mass is 505 g/mol. The molecule has 1 N–H and O–H groups in total. The van der Waals surface area contributed by atoms with E-state index in [9.17, 15) is 14.4 Å². The summed E-state index contributed by atoms with van der Waals surface area (Å²) in [4.78, 5) is 43.3. The first-order valence-corrected chi connectivity index (χ1v) is 13.0. The fourth-order valence-electron chi connectivity index (χ4n) is 5.37. The number of carbonyl (C=O) groups excluding carboxylic acids is 2. The second-order valence-electron chi connectivity index (χ2n) is 9.62. The first-order valence-electron chi connectivity index (χ1n) is 12.6. The lowest BCUT2D eigenvalue weighted by Crippen LogP contribution is -2.45. The van der Waals surface area contributed by atoms with Crippen molar-refractivity contribution in [1.29, 1.82) is 0 Å². The van der Waals surface area contributed by atoms with Gasteiger partial charge in [0, 0.05) is 28.4 Å². The standard InChI is InChI=1S/C28H29ClN4O3/c1-3-9-22-23(27(35)33(30-22)21-14-7-11-19(29)16-21)24-25(31-15-8-10-18(2)17-31)28(36)32(26(24)34)20-12-5-4-6-13-20/h7-8,10-11,14-17,20H,3-6,9,12-13H2,1-2H3/p+1. The number of rotatable bonds is 6. The number of amides is 2. The Morgan fingerprint density at radius 3 is 2.53 bits per heavy atom. The van der Waals surface area contributed by atoms with Crippen LogP contribution in [0, 0.1) is 6.92 Å². The van der Waals surface area contributed by atoms with Gasteiger partial charge in [-0.3, -0.25) is 24.4 Å². The molecule has 1 fully saturated rings. The van der Waals surface area contributed by atoms with Gasteiger partial charge in [-0.2, -0.15) is 4.57 Å². The predicted octanol–water partition coefficient (Wildman–Crippen LogP) is 4.44. The summed E-state index contributed by atoms with van der Waals surface area (Å²) in [7, 11) is 0. The van der Waals surface area contributed by atoms with Gasteiger partial charge in [-0.05, 0) is 50.5 Å². The molecule has 0 spiro atoms. The van der Waals surface area contributed by atoms with E-state index in [-0.39, 0.29) is 40.2 Å². The third kappa shape index (κ3) is 4.22. The third-order valence-corrected chi connectivity index (χ3v) is 7.25. The van der Waals surface area contributed by atoms with Crippen LogP contribution in [0.3, 0.4) is 0 Å². The molecule has 36 heavy (non-hydrogen) atoms. The van der Waals surface area contributed by atoms with Crippen LogP contribution in [0.2, 0.25) is 5.02 Å². The summed E-state index contributed by atoms with van der Waals surface area (Å²) in [6.07, 6.45) is 9.56. The molecule has 1 saturated carbocycles. The lowest BCUT2D eigenvalue weighted by molar-refractivity contribution is -0.577. The SMILES string of the molecule is CCCc1[nH]n(-c2cccc(Cl)c2)c(=O)c1C1=C([n+]2cccc(C)c2)C(=O)N(C2CCCCC2)C1=O. The van der Waals surface area contributed by atoms with Crippen molar-refractivity contribution in [3.8, 4) is 5.69 Å². The molecule has 186 valence electrons. The smallest absolute Gasteiger partial charge is 0.294 e. The van der Waals surface area contributed by atoms with E-state index < -0.39 is 0 Å². The van der Waals surface area contributed by atoms with Crippen molar-refractivity contribution in [2.45, 2.75) is 64.8 Å². The maximum absolute atomic E-state index is 14.0. The van der Waals surface area contributed by atoms with Gasteiger partial charge in [0.1, 0.15) is 5.57 Å². The van der Waals surface area contributed by atoms with Gasteiger partial charge in [-0.1, -0.05) is 50.3 Å². The number of benzene rings is 1. The summed E-state index contributed by atoms with van der Waals surface area (Å²) in [6.45, 7) is 3.95. The average molecular weight is 506 g/mol. The molecular formula is C28H30ClN4O3+. The summed E-state index contributed by atoms with van der Waals surface area (Å²) in [5.41, 5.74) is 2.45. The van der Waals surface area contributed by atoms with Crippen molar-refractivity contribution >= 4 is 34.7 Å². The van der Waals surface area contributed by atoms with Crippen molar-refractivity contribution in [2.75, 3.05) is 0 Å². The Bertz CT molecular complexity index is 1430. The van der Waals surface area contributed by atoms with Gasteiger partial charge in [0.05, 0.1) is 11.3 Å². The van der Waals surface area contributed by atoms with E-state index in [1.165, 1.54) is 9.58 Å². The fraction of sp³-hybridized carbons (Fsp3) is 0.357. The highest BCUT2D eigenvalue weighted by atomic mass is 35.5. The number of hydrogen-bond acceptors (Lipinski definition) is 3. The number of aromatic amines is 1. The Morgan fingerprint density at radius 1 is 1.06 bits per heavy atom. The Hall–Kier alpha value is -3.45. The minimum atomic E-state index is -0.386. The zero-order valence-corrected chi connectivity index (χ0v) is 21.3. The van der Waals surface area contributed by atoms with Crippen LogP contribution >= 0.6 is 11.6 Å². The number of aromatic nitrogens is 3. The summed E-state index contributed by atoms with van der Waals surface area (Å²) in [5, 5.41) is 3.70. The highest BCUT2D eigenvalue weighted by molar-refractivity contribution is 6.44. The molecule has 3 aromatic rings. The third-order valence-electron chi connectivity index (χ3n) is 7.02. The number of halogens is 1. The van der Waals surface area contributed by atoms with Crippen molar-refractivity contribution in [1.82, 2.24) is 14.7 Å². The van der Waals surface area contributed by atoms with Gasteiger partial charge < -0.3 is 0 Å². The topological polar surface area (TPSA) is 79.1 Å². The number of imide groups is 1. The zero-order chi connectivity index (χ0) is 25.4. The molecule has 0 unspecified atom stereocenters. The number of hydrogen-bond donors (Lipinski definition) is 1. The molecule has 0 atom stereocenters. The van der Waals surface area contributed by atoms with E-state index in [0.29, 0.717) is 22.8 Å². The van der Waals surface area contributed by atoms with E-state index in [4.69, 9.17) is 11.6 Å². The minimum absolute atomic E-state index is 0.152. The van der Waals surface area contributed by atoms with Crippen LogP contribution in [0.25, 0.3) is 17.0 Å². The number of nitrogens with zero attached hydrogens (tertiary/aromatic N) is 3. The van der Waals surface area contributed by atoms with Crippen LogP contribution in [0.15, 0.2) is 53.6 Å². The van der Waals surface area contributed by atoms with Crippen molar-refractivity contribution in [3.05, 3.63) is 81.0 Å². The first kappa shape index (κ1) is 24.3. The van der Waals surface area contributed by atoms with Crippen LogP contribution < -0.4 is 10.1 Å². The van der Waals surface area contributed by atoms with Crippen LogP contribution in [-0.2, 0) is 16.0 Å². The molecule has 1 aliphatic heterocycles. The number of aryl methyl sites for hydroxylation is 2. The van der Waals surface area contributed by atoms with Crippen molar-refractivity contribution in [2.24, 2.45) is 0 Å². The fourth-order valence-corrected chi connectivity index (χ4v) is 5.56. The summed E-state index contributed by atoms with van der Waals surface area (Å²) in [6, 6.07) is 10.6. The molecule has 8 heteroatoms. The second-order valence-corrected chi connectivity index (χ2v) is 10.1. The van der Waals surface area contributed by atoms with Crippen molar-refractivity contribution < 1.29 is 14.2 Å². The van der Waals surface area contributed by atoms with E-state index >= 15 is 0 Å². The highest BCUT2D eigenvalue weighted by Crippen LogP contribution is 2.35. The van der Waals surface area contributed by atoms with Crippen LogP contribution in [0.1, 0.15) is 62.3 Å². The van der Waals surface area contributed by atoms with Gasteiger partial charge in [0.15, 0.2) is 12.4 Å². The molecule has 3 heterocycles. The maximum Gasteiger partial charge on any atom is 0.327 e. The summed E-state index contributed by atoms with van der Waals surface area (Å²) < 4.78 is 3.11. The van der Waals surface area contributed by atoms with E-state index in [0.717, 1.165) is 44.1 Å². The minimum Gasteiger partial charge on any atom is -0.294 e. The quantitative estimate of drug-likeness (QED) is 0.397. The molecule has 1 aliphatic carbocycles. The summed E-state index contributed by atoms with van der Waals surface area (Å²) in [5.74, 6) is -0.725. The average Bonchev–Trinajstić information content (AvgIpc) is 3.31. The molecule has 1 aromatic carbocycles. The molecule has 7 nitrogen and oxygen atoms in total. The van der Waals surface area contributed by atoms with E-state index in [2.05, 4.69) is 5.10 Å². The number of H-pyrrole nitrogens is 1. The number of pyridine rings is 1. The molecule has 2 amide bonds. The lowest BCUT2D eigenvalue weighted by atomic mass is 9.94. The van der Waals surface area contributed by atoms with Gasteiger partial charge in [0.25, 0.3) is 17.2 Å². The first-order chi connectivity index (χ1) is 17.4. The Kier molecular flexibility index (Phi) is 6.67. The largest absolute Gasteiger partial charge is 0.327 e. The van der Waals surface area contributed by atoms with E-state index in [1.54, 1.807) is 35.0 Å². The molecule has 5 rings (SSSR count). The molecular weight excluding hydrogens is 476 g/mol. The van der Waals surface area contributed by atoms with Crippen LogP contribution in [0.4, 0.5) is 0 Å². The Morgan fingerprint density at radius 2 is 1.83 bits per heavy atom. The summed E-state index contributed by atoms with van der Waals surface area (Å²) >= 11 is 6.20. The van der Waals surface area contributed by atoms with Gasteiger partial charge in [-0.15, -0.1) is 0 Å². The molecule has 0 radical (unpaired) electrons. The van der Waals surface area contributed by atoms with Gasteiger partial charge in [-0.25, -0.2) is 4.68 Å². The molecule has 2 aliphatic rings. The van der Waals surface area contributed by atoms with Crippen LogP contribution in [0.5, 0.6) is 0 Å². The lowest BCUT2D eigenvalue weighted by Gasteiger charge is -2.29. The highest BCUT2D eigenvalue weighted by Gasteiger charge is 2.49. The Balaban J connectivity index is 1.75. The Labute approximate surface area is 215 Å². The number of nitrogens with one attached hydrogen (secondary N) is 1.